The van der Waals surface area contributed by atoms with Crippen molar-refractivity contribution < 1.29 is 18.6 Å². The summed E-state index contributed by atoms with van der Waals surface area (Å²) in [6, 6.07) is 11.4. The van der Waals surface area contributed by atoms with E-state index in [1.54, 1.807) is 14.2 Å². The zero-order chi connectivity index (χ0) is 31.0. The summed E-state index contributed by atoms with van der Waals surface area (Å²) in [6.45, 7) is 17.2. The van der Waals surface area contributed by atoms with Crippen LogP contribution in [0.2, 0.25) is 18.1 Å². The van der Waals surface area contributed by atoms with Crippen LogP contribution in [0.1, 0.15) is 64.6 Å². The molecule has 1 atom stereocenters. The molecule has 3 heterocycles. The summed E-state index contributed by atoms with van der Waals surface area (Å²) in [4.78, 5) is 0. The van der Waals surface area contributed by atoms with Crippen LogP contribution in [0.25, 0.3) is 16.8 Å². The largest absolute Gasteiger partial charge is 0.496 e. The van der Waals surface area contributed by atoms with Gasteiger partial charge in [0.1, 0.15) is 22.7 Å². The van der Waals surface area contributed by atoms with Crippen LogP contribution in [0.15, 0.2) is 30.3 Å². The number of aromatic nitrogens is 2. The van der Waals surface area contributed by atoms with Gasteiger partial charge in [-0.15, -0.1) is 0 Å². The first-order valence-corrected chi connectivity index (χ1v) is 19.2. The molecule has 5 rings (SSSR count). The zero-order valence-electron chi connectivity index (χ0n) is 28.1. The first-order chi connectivity index (χ1) is 20.4. The maximum absolute atomic E-state index is 6.49. The molecule has 0 amide bonds. The second kappa shape index (κ2) is 12.5. The van der Waals surface area contributed by atoms with Gasteiger partial charge >= 0.3 is 0 Å². The van der Waals surface area contributed by atoms with Crippen molar-refractivity contribution in [1.82, 2.24) is 14.1 Å². The van der Waals surface area contributed by atoms with Gasteiger partial charge in [-0.05, 0) is 73.6 Å². The quantitative estimate of drug-likeness (QED) is 0.156. The lowest BCUT2D eigenvalue weighted by molar-refractivity contribution is 0.0436. The van der Waals surface area contributed by atoms with E-state index in [-0.39, 0.29) is 5.04 Å². The number of rotatable bonds is 12. The summed E-state index contributed by atoms with van der Waals surface area (Å²) in [5.74, 6) is 2.39. The topological polar surface area (TPSA) is 54.2 Å². The Bertz CT molecular complexity index is 1390. The van der Waals surface area contributed by atoms with Gasteiger partial charge in [0.15, 0.2) is 14.0 Å². The second-order valence-corrected chi connectivity index (χ2v) is 19.1. The highest BCUT2D eigenvalue weighted by Gasteiger charge is 2.44. The van der Waals surface area contributed by atoms with Crippen molar-refractivity contribution >= 4 is 19.5 Å². The Kier molecular flexibility index (Phi) is 9.34. The summed E-state index contributed by atoms with van der Waals surface area (Å²) in [6.07, 6.45) is 6.55. The zero-order valence-corrected chi connectivity index (χ0v) is 29.1. The molecule has 236 valence electrons. The average Bonchev–Trinajstić information content (AvgIpc) is 3.71. The molecule has 1 unspecified atom stereocenters. The first-order valence-electron chi connectivity index (χ1n) is 16.3. The molecule has 0 spiro atoms. The molecule has 2 fully saturated rings. The molecular weight excluding hydrogens is 554 g/mol. The number of aryl methyl sites for hydroxylation is 1. The van der Waals surface area contributed by atoms with Gasteiger partial charge in [0, 0.05) is 25.4 Å². The molecule has 1 aliphatic carbocycles. The highest BCUT2D eigenvalue weighted by Crippen LogP contribution is 2.45. The normalized spacial score (nSPS) is 18.2. The third-order valence-electron chi connectivity index (χ3n) is 10.4. The van der Waals surface area contributed by atoms with E-state index in [4.69, 9.17) is 23.7 Å². The van der Waals surface area contributed by atoms with Crippen molar-refractivity contribution in [2.45, 2.75) is 90.4 Å². The minimum absolute atomic E-state index is 0.184. The molecule has 2 aromatic heterocycles. The predicted octanol–water partition coefficient (Wildman–Crippen LogP) is 7.67. The Morgan fingerprint density at radius 3 is 2.23 bits per heavy atom. The molecule has 1 saturated carbocycles. The van der Waals surface area contributed by atoms with Crippen LogP contribution in [0.3, 0.4) is 0 Å². The van der Waals surface area contributed by atoms with Gasteiger partial charge in [-0.1, -0.05) is 33.8 Å². The van der Waals surface area contributed by atoms with Crippen LogP contribution in [-0.2, 0) is 22.0 Å². The van der Waals surface area contributed by atoms with Gasteiger partial charge in [0.25, 0.3) is 0 Å². The monoisotopic (exact) mass is 608 g/mol. The Hall–Kier alpha value is -2.39. The summed E-state index contributed by atoms with van der Waals surface area (Å²) >= 11 is 0. The number of fused-ring (bicyclic) bond motifs is 1. The van der Waals surface area contributed by atoms with Gasteiger partial charge in [-0.25, -0.2) is 4.52 Å². The third kappa shape index (κ3) is 6.39. The molecule has 0 bridgehead atoms. The van der Waals surface area contributed by atoms with Gasteiger partial charge in [0.2, 0.25) is 0 Å². The van der Waals surface area contributed by atoms with Crippen molar-refractivity contribution in [3.8, 4) is 22.8 Å². The fraction of sp³-hybridized carbons (Fsp3) is 0.629. The minimum atomic E-state index is -1.82. The predicted molar refractivity (Wildman–Crippen MR) is 179 cm³/mol. The summed E-state index contributed by atoms with van der Waals surface area (Å²) < 4.78 is 27.5. The number of pyridine rings is 1. The lowest BCUT2D eigenvalue weighted by atomic mass is 10.0. The maximum Gasteiger partial charge on any atom is 0.191 e. The lowest BCUT2D eigenvalue weighted by Crippen LogP contribution is -2.57. The van der Waals surface area contributed by atoms with E-state index in [2.05, 4.69) is 82.7 Å². The maximum atomic E-state index is 6.49. The first kappa shape index (κ1) is 32.0. The number of hydrogen-bond acceptors (Lipinski definition) is 5. The van der Waals surface area contributed by atoms with E-state index < -0.39 is 8.32 Å². The Labute approximate surface area is 260 Å². The molecule has 43 heavy (non-hydrogen) atoms. The smallest absolute Gasteiger partial charge is 0.191 e. The molecule has 8 heteroatoms. The number of hydrogen-bond donors (Lipinski definition) is 0. The van der Waals surface area contributed by atoms with E-state index in [0.29, 0.717) is 12.6 Å². The van der Waals surface area contributed by atoms with Crippen molar-refractivity contribution in [1.29, 1.82) is 0 Å². The number of ether oxygens (including phenoxy) is 3. The molecule has 0 radical (unpaired) electrons. The number of methoxy groups -OCH3 is 2. The minimum Gasteiger partial charge on any atom is -0.496 e. The van der Waals surface area contributed by atoms with Crippen molar-refractivity contribution in [3.63, 3.8) is 0 Å². The molecule has 1 aromatic carbocycles. The highest BCUT2D eigenvalue weighted by atomic mass is 28.4. The van der Waals surface area contributed by atoms with E-state index in [9.17, 15) is 0 Å². The third-order valence-corrected chi connectivity index (χ3v) is 14.9. The molecule has 3 aromatic rings. The van der Waals surface area contributed by atoms with Crippen LogP contribution in [0.5, 0.6) is 11.5 Å². The lowest BCUT2D eigenvalue weighted by Gasteiger charge is -2.43. The van der Waals surface area contributed by atoms with Crippen LogP contribution >= 0.6 is 0 Å². The van der Waals surface area contributed by atoms with Crippen LogP contribution in [0.4, 0.5) is 5.69 Å². The number of nitrogens with zero attached hydrogens (tertiary/aromatic N) is 3. The summed E-state index contributed by atoms with van der Waals surface area (Å²) in [7, 11) is 4.13. The van der Waals surface area contributed by atoms with Crippen LogP contribution in [0, 0.1) is 5.92 Å². The van der Waals surface area contributed by atoms with E-state index in [1.807, 2.05) is 0 Å². The molecule has 0 N–H and O–H groups in total. The highest BCUT2D eigenvalue weighted by molar-refractivity contribution is 6.74. The van der Waals surface area contributed by atoms with Gasteiger partial charge in [0.05, 0.1) is 58.3 Å². The van der Waals surface area contributed by atoms with Crippen molar-refractivity contribution in [2.24, 2.45) is 5.92 Å². The van der Waals surface area contributed by atoms with Crippen molar-refractivity contribution in [2.75, 3.05) is 47.6 Å². The van der Waals surface area contributed by atoms with E-state index in [0.717, 1.165) is 77.6 Å². The fourth-order valence-corrected chi connectivity index (χ4v) is 7.65. The molecule has 1 saturated heterocycles. The average molecular weight is 609 g/mol. The second-order valence-electron chi connectivity index (χ2n) is 14.3. The summed E-state index contributed by atoms with van der Waals surface area (Å²) in [5.41, 5.74) is 6.80. The molecule has 2 aliphatic rings. The molecular formula is C35H54N3O4Si+. The Morgan fingerprint density at radius 2 is 1.67 bits per heavy atom. The van der Waals surface area contributed by atoms with Gasteiger partial charge in [-0.2, -0.15) is 5.10 Å². The molecule has 7 nitrogen and oxygen atoms in total. The number of benzene rings is 1. The SMILES string of the molecule is CCc1nn2c(-c3c(OC)cc(CCO[Si](C)(C)C(C)(C)C)cc3OC)cccc2c1[N+](C)(CC1CC1)C1CCOCC1. The Morgan fingerprint density at radius 1 is 1.02 bits per heavy atom. The van der Waals surface area contributed by atoms with Gasteiger partial charge in [-0.3, -0.25) is 4.48 Å². The van der Waals surface area contributed by atoms with E-state index >= 15 is 0 Å². The van der Waals surface area contributed by atoms with E-state index in [1.165, 1.54) is 36.3 Å². The summed E-state index contributed by atoms with van der Waals surface area (Å²) in [5, 5.41) is 5.50. The fourth-order valence-electron chi connectivity index (χ4n) is 6.61. The van der Waals surface area contributed by atoms with Crippen LogP contribution in [-0.4, -0.2) is 71.6 Å². The van der Waals surface area contributed by atoms with Crippen molar-refractivity contribution in [3.05, 3.63) is 41.6 Å². The molecule has 1 aliphatic heterocycles. The number of quaternary nitrogens is 1. The Balaban J connectivity index is 1.57. The van der Waals surface area contributed by atoms with Crippen LogP contribution < -0.4 is 14.0 Å². The standard InChI is InChI=1S/C35H54N3O4Si/c1-10-28-34(38(5,24-25-14-15-25)27-17-19-41-20-18-27)30-13-11-12-29(37(30)36-28)33-31(39-6)22-26(23-32(33)40-7)16-21-42-43(8,9)35(2,3)4/h11-13,22-23,25,27H,10,14-21,24H2,1-9H3/q+1. The van der Waals surface area contributed by atoms with Gasteiger partial charge < -0.3 is 18.6 Å².